The second kappa shape index (κ2) is 10.2. The summed E-state index contributed by atoms with van der Waals surface area (Å²) in [6.45, 7) is 3.59. The van der Waals surface area contributed by atoms with Crippen LogP contribution in [0.25, 0.3) is 17.0 Å². The third kappa shape index (κ3) is 4.54. The summed E-state index contributed by atoms with van der Waals surface area (Å²) in [6, 6.07) is 15.6. The molecule has 0 spiro atoms. The number of nitrogens with one attached hydrogen (secondary N) is 1. The summed E-state index contributed by atoms with van der Waals surface area (Å²) in [7, 11) is 1.81. The van der Waals surface area contributed by atoms with E-state index in [9.17, 15) is 9.59 Å². The Morgan fingerprint density at radius 1 is 1.19 bits per heavy atom. The molecule has 2 amide bonds. The maximum atomic E-state index is 13.4. The number of aryl methyl sites for hydroxylation is 1. The molecule has 2 aliphatic heterocycles. The van der Waals surface area contributed by atoms with Crippen molar-refractivity contribution < 1.29 is 14.3 Å². The second-order valence-corrected chi connectivity index (χ2v) is 9.53. The van der Waals surface area contributed by atoms with Gasteiger partial charge in [0.1, 0.15) is 12.2 Å². The molecule has 36 heavy (non-hydrogen) atoms. The van der Waals surface area contributed by atoms with E-state index < -0.39 is 0 Å². The average molecular weight is 503 g/mol. The fourth-order valence-corrected chi connectivity index (χ4v) is 5.23. The molecule has 1 atom stereocenters. The first-order valence-corrected chi connectivity index (χ1v) is 12.8. The number of carbonyl (C=O) groups excluding carboxylic acids is 2. The monoisotopic (exact) mass is 502 g/mol. The zero-order chi connectivity index (χ0) is 25.2. The molecule has 186 valence electrons. The van der Waals surface area contributed by atoms with E-state index >= 15 is 0 Å². The number of hydrogen-bond donors (Lipinski definition) is 1. The van der Waals surface area contributed by atoms with Crippen LogP contribution in [0.15, 0.2) is 60.4 Å². The minimum absolute atomic E-state index is 0.0574. The number of para-hydroxylation sites is 2. The van der Waals surface area contributed by atoms with E-state index in [2.05, 4.69) is 18.3 Å². The first kappa shape index (κ1) is 24.2. The van der Waals surface area contributed by atoms with Crippen LogP contribution in [-0.2, 0) is 27.3 Å². The Kier molecular flexibility index (Phi) is 6.89. The fraction of sp³-hybridized carbons (Fsp3) is 0.321. The molecule has 2 aliphatic rings. The largest absolute Gasteiger partial charge is 0.376 e. The molecule has 1 aromatic heterocycles. The standard InChI is InChI=1S/C28H30N4O3S/c1-3-19-9-7-13-23-20(17-31(26(19)23)18-25(33)29-16-22-12-8-14-35-22)15-24-27(34)32(28(36)30(24)2)21-10-5-4-6-11-21/h4-7,9-11,13,15,17,22H,3,8,12,14,16,18H2,1-2H3,(H,29,33)/b24-15-/t22-/m0/s1. The van der Waals surface area contributed by atoms with E-state index in [-0.39, 0.29) is 24.5 Å². The summed E-state index contributed by atoms with van der Waals surface area (Å²) in [5.41, 5.74) is 4.26. The lowest BCUT2D eigenvalue weighted by Gasteiger charge is -2.16. The number of amides is 2. The smallest absolute Gasteiger partial charge is 0.281 e. The van der Waals surface area contributed by atoms with Crippen LogP contribution in [0.3, 0.4) is 0 Å². The van der Waals surface area contributed by atoms with Gasteiger partial charge in [-0.05, 0) is 55.3 Å². The highest BCUT2D eigenvalue weighted by molar-refractivity contribution is 7.80. The molecular formula is C28H30N4O3S. The van der Waals surface area contributed by atoms with Gasteiger partial charge in [0.2, 0.25) is 5.91 Å². The average Bonchev–Trinajstić information content (AvgIpc) is 3.59. The van der Waals surface area contributed by atoms with Gasteiger partial charge in [-0.25, -0.2) is 0 Å². The van der Waals surface area contributed by atoms with Crippen LogP contribution >= 0.6 is 12.2 Å². The highest BCUT2D eigenvalue weighted by atomic mass is 32.1. The van der Waals surface area contributed by atoms with Gasteiger partial charge in [-0.3, -0.25) is 14.5 Å². The Bertz CT molecular complexity index is 1340. The summed E-state index contributed by atoms with van der Waals surface area (Å²) < 4.78 is 7.61. The van der Waals surface area contributed by atoms with E-state index in [1.165, 1.54) is 0 Å². The number of likely N-dealkylation sites (N-methyl/N-ethyl adjacent to an activating group) is 1. The molecule has 0 bridgehead atoms. The zero-order valence-corrected chi connectivity index (χ0v) is 21.4. The van der Waals surface area contributed by atoms with Gasteiger partial charge in [0.05, 0.1) is 17.3 Å². The molecule has 0 saturated carbocycles. The summed E-state index contributed by atoms with van der Waals surface area (Å²) in [4.78, 5) is 29.5. The van der Waals surface area contributed by atoms with Crippen LogP contribution in [0.4, 0.5) is 5.69 Å². The van der Waals surface area contributed by atoms with Crippen LogP contribution in [0.5, 0.6) is 0 Å². The molecule has 0 aliphatic carbocycles. The predicted octanol–water partition coefficient (Wildman–Crippen LogP) is 4.10. The minimum atomic E-state index is -0.171. The number of hydrogen-bond acceptors (Lipinski definition) is 4. The van der Waals surface area contributed by atoms with E-state index in [1.807, 2.05) is 66.4 Å². The summed E-state index contributed by atoms with van der Waals surface area (Å²) in [5.74, 6) is -0.228. The van der Waals surface area contributed by atoms with Crippen LogP contribution in [0, 0.1) is 0 Å². The first-order valence-electron chi connectivity index (χ1n) is 12.4. The normalized spacial score (nSPS) is 19.2. The van der Waals surface area contributed by atoms with Gasteiger partial charge >= 0.3 is 0 Å². The molecular weight excluding hydrogens is 472 g/mol. The molecule has 8 heteroatoms. The number of thiocarbonyl (C=S) groups is 1. The second-order valence-electron chi connectivity index (χ2n) is 9.17. The fourth-order valence-electron chi connectivity index (χ4n) is 4.94. The number of anilines is 1. The zero-order valence-electron chi connectivity index (χ0n) is 20.6. The van der Waals surface area contributed by atoms with Gasteiger partial charge in [-0.2, -0.15) is 0 Å². The molecule has 2 saturated heterocycles. The molecule has 3 aromatic rings. The number of fused-ring (bicyclic) bond motifs is 1. The highest BCUT2D eigenvalue weighted by Gasteiger charge is 2.37. The Balaban J connectivity index is 1.48. The van der Waals surface area contributed by atoms with Crippen molar-refractivity contribution in [2.75, 3.05) is 25.1 Å². The van der Waals surface area contributed by atoms with Crippen molar-refractivity contribution in [3.63, 3.8) is 0 Å². The van der Waals surface area contributed by atoms with Crippen LogP contribution in [0.2, 0.25) is 0 Å². The van der Waals surface area contributed by atoms with Gasteiger partial charge in [0.15, 0.2) is 5.11 Å². The third-order valence-electron chi connectivity index (χ3n) is 6.83. The van der Waals surface area contributed by atoms with Crippen LogP contribution in [-0.4, -0.2) is 52.7 Å². The van der Waals surface area contributed by atoms with Crippen molar-refractivity contribution in [2.24, 2.45) is 0 Å². The topological polar surface area (TPSA) is 66.8 Å². The van der Waals surface area contributed by atoms with Crippen molar-refractivity contribution in [3.05, 3.63) is 71.6 Å². The number of ether oxygens (including phenoxy) is 1. The Hall–Kier alpha value is -3.49. The van der Waals surface area contributed by atoms with Crippen molar-refractivity contribution in [2.45, 2.75) is 38.8 Å². The van der Waals surface area contributed by atoms with Gasteiger partial charge in [-0.1, -0.05) is 43.3 Å². The number of rotatable bonds is 7. The van der Waals surface area contributed by atoms with E-state index in [0.29, 0.717) is 17.4 Å². The first-order chi connectivity index (χ1) is 17.5. The van der Waals surface area contributed by atoms with Gasteiger partial charge in [0.25, 0.3) is 5.91 Å². The Labute approximate surface area is 216 Å². The number of benzene rings is 2. The van der Waals surface area contributed by atoms with Crippen LogP contribution < -0.4 is 10.2 Å². The quantitative estimate of drug-likeness (QED) is 0.389. The van der Waals surface area contributed by atoms with E-state index in [4.69, 9.17) is 17.0 Å². The summed E-state index contributed by atoms with van der Waals surface area (Å²) >= 11 is 5.61. The molecule has 7 nitrogen and oxygen atoms in total. The predicted molar refractivity (Wildman–Crippen MR) is 146 cm³/mol. The van der Waals surface area contributed by atoms with Crippen molar-refractivity contribution in [1.29, 1.82) is 0 Å². The number of nitrogens with zero attached hydrogens (tertiary/aromatic N) is 3. The molecule has 5 rings (SSSR count). The molecule has 0 radical (unpaired) electrons. The minimum Gasteiger partial charge on any atom is -0.376 e. The third-order valence-corrected chi connectivity index (χ3v) is 7.28. The Morgan fingerprint density at radius 3 is 2.72 bits per heavy atom. The van der Waals surface area contributed by atoms with Gasteiger partial charge in [-0.15, -0.1) is 0 Å². The maximum absolute atomic E-state index is 13.4. The summed E-state index contributed by atoms with van der Waals surface area (Å²) in [6.07, 6.45) is 6.78. The maximum Gasteiger partial charge on any atom is 0.281 e. The molecule has 1 N–H and O–H groups in total. The van der Waals surface area contributed by atoms with E-state index in [0.717, 1.165) is 53.6 Å². The van der Waals surface area contributed by atoms with Crippen molar-refractivity contribution in [1.82, 2.24) is 14.8 Å². The van der Waals surface area contributed by atoms with Crippen molar-refractivity contribution in [3.8, 4) is 0 Å². The van der Waals surface area contributed by atoms with Gasteiger partial charge in [0, 0.05) is 37.3 Å². The number of aromatic nitrogens is 1. The SMILES string of the molecule is CCc1cccc2c(/C=C3/C(=O)N(c4ccccc4)C(=S)N3C)cn(CC(=O)NC[C@@H]3CCCO3)c12. The number of carbonyl (C=O) groups is 2. The highest BCUT2D eigenvalue weighted by Crippen LogP contribution is 2.31. The molecule has 2 fully saturated rings. The van der Waals surface area contributed by atoms with E-state index in [1.54, 1.807) is 9.80 Å². The molecule has 3 heterocycles. The lowest BCUT2D eigenvalue weighted by atomic mass is 10.1. The van der Waals surface area contributed by atoms with Crippen LogP contribution in [0.1, 0.15) is 30.9 Å². The Morgan fingerprint density at radius 2 is 2.00 bits per heavy atom. The molecule has 0 unspecified atom stereocenters. The van der Waals surface area contributed by atoms with Crippen molar-refractivity contribution >= 4 is 51.8 Å². The lowest BCUT2D eigenvalue weighted by molar-refractivity contribution is -0.122. The summed E-state index contributed by atoms with van der Waals surface area (Å²) in [5, 5.41) is 4.45. The molecule has 2 aromatic carbocycles. The lowest BCUT2D eigenvalue weighted by Crippen LogP contribution is -2.34. The van der Waals surface area contributed by atoms with Gasteiger partial charge < -0.3 is 19.5 Å².